The van der Waals surface area contributed by atoms with Crippen LogP contribution in [-0.2, 0) is 5.88 Å². The molecule has 0 saturated heterocycles. The molecule has 0 aliphatic rings. The fourth-order valence-corrected chi connectivity index (χ4v) is 1.39. The molecular formula is C11H18ClN3. The van der Waals surface area contributed by atoms with E-state index >= 15 is 0 Å². The van der Waals surface area contributed by atoms with Crippen LogP contribution < -0.4 is 4.90 Å². The van der Waals surface area contributed by atoms with Crippen LogP contribution in [0.5, 0.6) is 0 Å². The molecule has 0 saturated carbocycles. The van der Waals surface area contributed by atoms with Crippen LogP contribution in [0.2, 0.25) is 0 Å². The van der Waals surface area contributed by atoms with Gasteiger partial charge in [0.15, 0.2) is 0 Å². The van der Waals surface area contributed by atoms with Gasteiger partial charge in [-0.05, 0) is 12.8 Å². The van der Waals surface area contributed by atoms with Gasteiger partial charge in [-0.2, -0.15) is 0 Å². The first-order chi connectivity index (χ1) is 7.06. The second kappa shape index (κ2) is 5.31. The quantitative estimate of drug-likeness (QED) is 0.741. The van der Waals surface area contributed by atoms with Gasteiger partial charge in [0.25, 0.3) is 0 Å². The molecule has 1 atom stereocenters. The molecule has 0 amide bonds. The molecule has 84 valence electrons. The Morgan fingerprint density at radius 1 is 1.27 bits per heavy atom. The first-order valence-corrected chi connectivity index (χ1v) is 5.69. The predicted molar refractivity (Wildman–Crippen MR) is 64.3 cm³/mol. The highest BCUT2D eigenvalue weighted by atomic mass is 35.5. The van der Waals surface area contributed by atoms with Crippen molar-refractivity contribution in [3.63, 3.8) is 0 Å². The van der Waals surface area contributed by atoms with Crippen LogP contribution >= 0.6 is 11.6 Å². The number of rotatable bonds is 4. The molecule has 0 spiro atoms. The first-order valence-electron chi connectivity index (χ1n) is 5.16. The van der Waals surface area contributed by atoms with Crippen LogP contribution in [0, 0.1) is 5.92 Å². The number of alkyl halides is 1. The highest BCUT2D eigenvalue weighted by molar-refractivity contribution is 6.16. The number of aromatic nitrogens is 2. The smallest absolute Gasteiger partial charge is 0.147 e. The Morgan fingerprint density at radius 2 is 1.93 bits per heavy atom. The van der Waals surface area contributed by atoms with Gasteiger partial charge in [-0.1, -0.05) is 13.8 Å². The topological polar surface area (TPSA) is 29.0 Å². The van der Waals surface area contributed by atoms with E-state index in [4.69, 9.17) is 11.6 Å². The van der Waals surface area contributed by atoms with E-state index in [1.54, 1.807) is 12.4 Å². The van der Waals surface area contributed by atoms with Crippen molar-refractivity contribution in [1.29, 1.82) is 0 Å². The fourth-order valence-electron chi connectivity index (χ4n) is 1.25. The lowest BCUT2D eigenvalue weighted by molar-refractivity contribution is 0.502. The maximum absolute atomic E-state index is 5.66. The Labute approximate surface area is 96.5 Å². The Bertz CT molecular complexity index is 297. The van der Waals surface area contributed by atoms with Gasteiger partial charge in [-0.15, -0.1) is 11.6 Å². The summed E-state index contributed by atoms with van der Waals surface area (Å²) in [7, 11) is 2.04. The van der Waals surface area contributed by atoms with Gasteiger partial charge in [0.2, 0.25) is 0 Å². The SMILES string of the molecule is CC(C)C(C)N(C)c1cnc(CCl)cn1. The number of hydrogen-bond donors (Lipinski definition) is 0. The molecule has 1 heterocycles. The molecule has 0 aliphatic heterocycles. The largest absolute Gasteiger partial charge is 0.355 e. The van der Waals surface area contributed by atoms with Crippen LogP contribution in [-0.4, -0.2) is 23.1 Å². The standard InChI is InChI=1S/C11H18ClN3/c1-8(2)9(3)15(4)11-7-13-10(5-12)6-14-11/h6-9H,5H2,1-4H3. The highest BCUT2D eigenvalue weighted by Gasteiger charge is 2.14. The Hall–Kier alpha value is -0.830. The van der Waals surface area contributed by atoms with Crippen molar-refractivity contribution >= 4 is 17.4 Å². The molecule has 3 nitrogen and oxygen atoms in total. The third-order valence-corrected chi connectivity index (χ3v) is 3.04. The van der Waals surface area contributed by atoms with Crippen LogP contribution in [0.15, 0.2) is 12.4 Å². The third-order valence-electron chi connectivity index (χ3n) is 2.77. The second-order valence-electron chi connectivity index (χ2n) is 4.10. The molecule has 4 heteroatoms. The van der Waals surface area contributed by atoms with Gasteiger partial charge in [-0.25, -0.2) is 4.98 Å². The lowest BCUT2D eigenvalue weighted by Crippen LogP contribution is -2.33. The molecule has 0 aliphatic carbocycles. The molecule has 1 aromatic rings. The zero-order chi connectivity index (χ0) is 11.4. The summed E-state index contributed by atoms with van der Waals surface area (Å²) < 4.78 is 0. The second-order valence-corrected chi connectivity index (χ2v) is 4.36. The van der Waals surface area contributed by atoms with Crippen LogP contribution in [0.4, 0.5) is 5.82 Å². The summed E-state index contributed by atoms with van der Waals surface area (Å²) in [6.45, 7) is 6.57. The summed E-state index contributed by atoms with van der Waals surface area (Å²) in [5.41, 5.74) is 0.811. The van der Waals surface area contributed by atoms with Gasteiger partial charge in [-0.3, -0.25) is 4.98 Å². The average molecular weight is 228 g/mol. The van der Waals surface area contributed by atoms with Gasteiger partial charge >= 0.3 is 0 Å². The van der Waals surface area contributed by atoms with Crippen LogP contribution in [0.3, 0.4) is 0 Å². The van der Waals surface area contributed by atoms with Crippen LogP contribution in [0.1, 0.15) is 26.5 Å². The summed E-state index contributed by atoms with van der Waals surface area (Å²) >= 11 is 5.66. The Morgan fingerprint density at radius 3 is 2.33 bits per heavy atom. The molecule has 1 aromatic heterocycles. The summed E-state index contributed by atoms with van der Waals surface area (Å²) in [6.07, 6.45) is 3.50. The summed E-state index contributed by atoms with van der Waals surface area (Å²) in [5.74, 6) is 1.89. The minimum atomic E-state index is 0.413. The van der Waals surface area contributed by atoms with E-state index in [0.717, 1.165) is 11.5 Å². The maximum atomic E-state index is 5.66. The van der Waals surface area contributed by atoms with Crippen molar-refractivity contribution in [2.75, 3.05) is 11.9 Å². The average Bonchev–Trinajstić information content (AvgIpc) is 2.27. The minimum absolute atomic E-state index is 0.413. The molecule has 1 unspecified atom stereocenters. The monoisotopic (exact) mass is 227 g/mol. The summed E-state index contributed by atoms with van der Waals surface area (Å²) in [6, 6.07) is 0.446. The lowest BCUT2D eigenvalue weighted by atomic mass is 10.1. The molecule has 15 heavy (non-hydrogen) atoms. The molecule has 0 fully saturated rings. The van der Waals surface area contributed by atoms with Crippen molar-refractivity contribution in [3.05, 3.63) is 18.1 Å². The fraction of sp³-hybridized carbons (Fsp3) is 0.636. The van der Waals surface area contributed by atoms with E-state index < -0.39 is 0 Å². The lowest BCUT2D eigenvalue weighted by Gasteiger charge is -2.28. The zero-order valence-electron chi connectivity index (χ0n) is 9.74. The highest BCUT2D eigenvalue weighted by Crippen LogP contribution is 2.15. The summed E-state index contributed by atoms with van der Waals surface area (Å²) in [5, 5.41) is 0. The van der Waals surface area contributed by atoms with Crippen molar-refractivity contribution in [3.8, 4) is 0 Å². The first kappa shape index (κ1) is 12.2. The van der Waals surface area contributed by atoms with Crippen molar-refractivity contribution < 1.29 is 0 Å². The third kappa shape index (κ3) is 3.06. The molecular weight excluding hydrogens is 210 g/mol. The number of nitrogens with zero attached hydrogens (tertiary/aromatic N) is 3. The molecule has 0 aromatic carbocycles. The van der Waals surface area contributed by atoms with Crippen molar-refractivity contribution in [2.45, 2.75) is 32.7 Å². The molecule has 0 N–H and O–H groups in total. The van der Waals surface area contributed by atoms with E-state index in [-0.39, 0.29) is 0 Å². The number of hydrogen-bond acceptors (Lipinski definition) is 3. The van der Waals surface area contributed by atoms with Gasteiger partial charge in [0.1, 0.15) is 5.82 Å². The van der Waals surface area contributed by atoms with E-state index in [1.165, 1.54) is 0 Å². The van der Waals surface area contributed by atoms with E-state index in [0.29, 0.717) is 17.8 Å². The van der Waals surface area contributed by atoms with Gasteiger partial charge in [0.05, 0.1) is 24.0 Å². The number of halogens is 1. The van der Waals surface area contributed by atoms with Gasteiger partial charge in [0, 0.05) is 13.1 Å². The van der Waals surface area contributed by atoms with Gasteiger partial charge < -0.3 is 4.90 Å². The molecule has 1 rings (SSSR count). The van der Waals surface area contributed by atoms with Crippen molar-refractivity contribution in [2.24, 2.45) is 5.92 Å². The van der Waals surface area contributed by atoms with Crippen molar-refractivity contribution in [1.82, 2.24) is 9.97 Å². The van der Waals surface area contributed by atoms with E-state index in [1.807, 2.05) is 7.05 Å². The predicted octanol–water partition coefficient (Wildman–Crippen LogP) is 2.70. The van der Waals surface area contributed by atoms with E-state index in [2.05, 4.69) is 35.6 Å². The zero-order valence-corrected chi connectivity index (χ0v) is 10.5. The molecule has 0 radical (unpaired) electrons. The minimum Gasteiger partial charge on any atom is -0.355 e. The normalized spacial score (nSPS) is 12.9. The van der Waals surface area contributed by atoms with Crippen LogP contribution in [0.25, 0.3) is 0 Å². The van der Waals surface area contributed by atoms with E-state index in [9.17, 15) is 0 Å². The summed E-state index contributed by atoms with van der Waals surface area (Å²) in [4.78, 5) is 10.7. The Kier molecular flexibility index (Phi) is 4.33. The Balaban J connectivity index is 2.78. The number of anilines is 1. The molecule has 0 bridgehead atoms. The maximum Gasteiger partial charge on any atom is 0.147 e.